The lowest BCUT2D eigenvalue weighted by Gasteiger charge is -2.24. The summed E-state index contributed by atoms with van der Waals surface area (Å²) in [5.74, 6) is 1.68. The van der Waals surface area contributed by atoms with Crippen molar-refractivity contribution in [1.29, 1.82) is 0 Å². The predicted molar refractivity (Wildman–Crippen MR) is 123 cm³/mol. The van der Waals surface area contributed by atoms with Crippen LogP contribution in [0.5, 0.6) is 5.75 Å². The normalized spacial score (nSPS) is 13.9. The van der Waals surface area contributed by atoms with Crippen LogP contribution in [0.15, 0.2) is 48.5 Å². The number of nitrogens with zero attached hydrogens (tertiary/aromatic N) is 5. The number of methoxy groups -OCH3 is 1. The summed E-state index contributed by atoms with van der Waals surface area (Å²) in [4.78, 5) is 4.76. The average molecular weight is 424 g/mol. The van der Waals surface area contributed by atoms with Gasteiger partial charge in [0.1, 0.15) is 5.75 Å². The summed E-state index contributed by atoms with van der Waals surface area (Å²) >= 11 is 5.66. The second-order valence-corrected chi connectivity index (χ2v) is 8.24. The lowest BCUT2D eigenvalue weighted by Crippen LogP contribution is -2.25. The van der Waals surface area contributed by atoms with Crippen molar-refractivity contribution in [2.45, 2.75) is 26.1 Å². The zero-order valence-electron chi connectivity index (χ0n) is 17.9. The van der Waals surface area contributed by atoms with Crippen LogP contribution in [-0.2, 0) is 20.3 Å². The molecule has 3 aromatic rings. The topological polar surface area (TPSA) is 38.5 Å². The highest BCUT2D eigenvalue weighted by atomic mass is 32.1. The van der Waals surface area contributed by atoms with E-state index in [2.05, 4.69) is 41.1 Å². The summed E-state index contributed by atoms with van der Waals surface area (Å²) in [6.07, 6.45) is 2.56. The smallest absolute Gasteiger partial charge is 0.199 e. The first-order chi connectivity index (χ1) is 14.6. The number of hydrogen-bond donors (Lipinski definition) is 0. The molecule has 158 valence electrons. The van der Waals surface area contributed by atoms with Crippen molar-refractivity contribution in [1.82, 2.24) is 19.2 Å². The largest absolute Gasteiger partial charge is 0.497 e. The molecule has 1 fully saturated rings. The Morgan fingerprint density at radius 3 is 2.47 bits per heavy atom. The molecule has 0 aliphatic carbocycles. The van der Waals surface area contributed by atoms with Gasteiger partial charge in [-0.1, -0.05) is 18.2 Å². The predicted octanol–water partition coefficient (Wildman–Crippen LogP) is 4.32. The van der Waals surface area contributed by atoms with E-state index in [-0.39, 0.29) is 0 Å². The van der Waals surface area contributed by atoms with Crippen molar-refractivity contribution in [2.75, 3.05) is 32.1 Å². The van der Waals surface area contributed by atoms with E-state index >= 15 is 0 Å². The van der Waals surface area contributed by atoms with Gasteiger partial charge in [-0.25, -0.2) is 4.68 Å². The lowest BCUT2D eigenvalue weighted by atomic mass is 10.1. The molecule has 1 aliphatic heterocycles. The van der Waals surface area contributed by atoms with Gasteiger partial charge in [0.05, 0.1) is 13.8 Å². The minimum atomic E-state index is 0.636. The Balaban J connectivity index is 1.51. The van der Waals surface area contributed by atoms with Gasteiger partial charge in [0.15, 0.2) is 10.6 Å². The second-order valence-electron chi connectivity index (χ2n) is 7.87. The monoisotopic (exact) mass is 423 g/mol. The summed E-state index contributed by atoms with van der Waals surface area (Å²) in [6.45, 7) is 3.79. The molecule has 0 bridgehead atoms. The molecule has 0 N–H and O–H groups in total. The minimum Gasteiger partial charge on any atom is -0.497 e. The third kappa shape index (κ3) is 4.27. The van der Waals surface area contributed by atoms with Crippen LogP contribution in [0.2, 0.25) is 0 Å². The van der Waals surface area contributed by atoms with Crippen molar-refractivity contribution in [2.24, 2.45) is 7.05 Å². The van der Waals surface area contributed by atoms with E-state index in [4.69, 9.17) is 22.1 Å². The summed E-state index contributed by atoms with van der Waals surface area (Å²) < 4.78 is 9.82. The number of anilines is 1. The molecule has 6 nitrogen and oxygen atoms in total. The molecule has 1 aliphatic rings. The van der Waals surface area contributed by atoms with E-state index in [1.807, 2.05) is 40.6 Å². The van der Waals surface area contributed by atoms with E-state index in [9.17, 15) is 0 Å². The van der Waals surface area contributed by atoms with Crippen molar-refractivity contribution in [3.05, 3.63) is 58.9 Å². The second kappa shape index (κ2) is 9.02. The van der Waals surface area contributed by atoms with Crippen LogP contribution in [0.25, 0.3) is 11.4 Å². The maximum Gasteiger partial charge on any atom is 0.199 e. The molecule has 2 heterocycles. The maximum absolute atomic E-state index is 5.66. The van der Waals surface area contributed by atoms with Gasteiger partial charge >= 0.3 is 0 Å². The first-order valence-electron chi connectivity index (χ1n) is 10.4. The number of rotatable bonds is 7. The zero-order chi connectivity index (χ0) is 21.1. The zero-order valence-corrected chi connectivity index (χ0v) is 18.7. The molecule has 4 rings (SSSR count). The van der Waals surface area contributed by atoms with Gasteiger partial charge in [0, 0.05) is 37.9 Å². The Hall–Kier alpha value is -2.64. The first kappa shape index (κ1) is 20.6. The minimum absolute atomic E-state index is 0.636. The van der Waals surface area contributed by atoms with Gasteiger partial charge in [-0.2, -0.15) is 5.10 Å². The molecule has 1 aromatic heterocycles. The van der Waals surface area contributed by atoms with Crippen molar-refractivity contribution in [3.8, 4) is 17.1 Å². The van der Waals surface area contributed by atoms with Crippen LogP contribution < -0.4 is 9.64 Å². The van der Waals surface area contributed by atoms with E-state index in [0.717, 1.165) is 36.8 Å². The molecular formula is C23H29N5OS. The highest BCUT2D eigenvalue weighted by molar-refractivity contribution is 7.71. The molecule has 0 radical (unpaired) electrons. The summed E-state index contributed by atoms with van der Waals surface area (Å²) in [5, 5.41) is 4.80. The molecule has 0 amide bonds. The van der Waals surface area contributed by atoms with E-state index in [1.54, 1.807) is 7.11 Å². The fourth-order valence-corrected chi connectivity index (χ4v) is 4.24. The van der Waals surface area contributed by atoms with Crippen molar-refractivity contribution < 1.29 is 4.74 Å². The van der Waals surface area contributed by atoms with Gasteiger partial charge in [0.2, 0.25) is 0 Å². The number of aromatic nitrogens is 3. The molecule has 1 saturated heterocycles. The maximum atomic E-state index is 5.66. The van der Waals surface area contributed by atoms with E-state index in [0.29, 0.717) is 11.4 Å². The SMILES string of the molecule is COc1ccc(-c2nn(CN(C)Cc3ccccc3N3CCCC3)c(=S)n2C)cc1. The summed E-state index contributed by atoms with van der Waals surface area (Å²) in [6, 6.07) is 16.6. The third-order valence-corrected chi connectivity index (χ3v) is 6.13. The number of hydrogen-bond acceptors (Lipinski definition) is 5. The quantitative estimate of drug-likeness (QED) is 0.529. The molecular weight excluding hydrogens is 394 g/mol. The molecule has 0 saturated carbocycles. The van der Waals surface area contributed by atoms with Crippen LogP contribution in [0.3, 0.4) is 0 Å². The standard InChI is InChI=1S/C23H29N5OS/c1-25(16-19-8-4-5-9-21(19)27-14-6-7-15-27)17-28-23(30)26(2)22(24-28)18-10-12-20(29-3)13-11-18/h4-5,8-13H,6-7,14-17H2,1-3H3. The van der Waals surface area contributed by atoms with Crippen LogP contribution in [0.1, 0.15) is 18.4 Å². The Morgan fingerprint density at radius 1 is 1.07 bits per heavy atom. The Labute approximate surface area is 183 Å². The van der Waals surface area contributed by atoms with Crippen molar-refractivity contribution in [3.63, 3.8) is 0 Å². The molecule has 30 heavy (non-hydrogen) atoms. The molecule has 2 aromatic carbocycles. The van der Waals surface area contributed by atoms with Gasteiger partial charge in [-0.15, -0.1) is 0 Å². The highest BCUT2D eigenvalue weighted by Gasteiger charge is 2.17. The van der Waals surface area contributed by atoms with Crippen LogP contribution >= 0.6 is 12.2 Å². The highest BCUT2D eigenvalue weighted by Crippen LogP contribution is 2.26. The number of benzene rings is 2. The summed E-state index contributed by atoms with van der Waals surface area (Å²) in [5.41, 5.74) is 3.72. The van der Waals surface area contributed by atoms with Crippen LogP contribution in [0, 0.1) is 4.77 Å². The Morgan fingerprint density at radius 2 is 1.77 bits per heavy atom. The third-order valence-electron chi connectivity index (χ3n) is 5.64. The van der Waals surface area contributed by atoms with E-state index in [1.165, 1.54) is 24.1 Å². The molecule has 0 atom stereocenters. The molecule has 7 heteroatoms. The van der Waals surface area contributed by atoms with Gasteiger partial charge < -0.3 is 14.2 Å². The Kier molecular flexibility index (Phi) is 6.20. The van der Waals surface area contributed by atoms with Gasteiger partial charge in [0.25, 0.3) is 0 Å². The van der Waals surface area contributed by atoms with Gasteiger partial charge in [-0.3, -0.25) is 4.90 Å². The molecule has 0 unspecified atom stereocenters. The van der Waals surface area contributed by atoms with Crippen molar-refractivity contribution >= 4 is 17.9 Å². The number of para-hydroxylation sites is 1. The number of ether oxygens (including phenoxy) is 1. The van der Waals surface area contributed by atoms with Gasteiger partial charge in [-0.05, 0) is 68.0 Å². The fourth-order valence-electron chi connectivity index (χ4n) is 4.05. The summed E-state index contributed by atoms with van der Waals surface area (Å²) in [7, 11) is 5.75. The van der Waals surface area contributed by atoms with E-state index < -0.39 is 0 Å². The van der Waals surface area contributed by atoms with Crippen LogP contribution in [-0.4, -0.2) is 46.5 Å². The first-order valence-corrected chi connectivity index (χ1v) is 10.8. The Bertz CT molecular complexity index is 1050. The average Bonchev–Trinajstić information content (AvgIpc) is 3.39. The lowest BCUT2D eigenvalue weighted by molar-refractivity contribution is 0.244. The van der Waals surface area contributed by atoms with Crippen LogP contribution in [0.4, 0.5) is 5.69 Å². The molecule has 0 spiro atoms. The fraction of sp³-hybridized carbons (Fsp3) is 0.391.